The van der Waals surface area contributed by atoms with Gasteiger partial charge < -0.3 is 23.7 Å². The first-order chi connectivity index (χ1) is 10.8. The maximum absolute atomic E-state index is 12.4. The number of hydrogen-bond acceptors (Lipinski definition) is 6. The van der Waals surface area contributed by atoms with E-state index < -0.39 is 23.1 Å². The molecule has 1 heterocycles. The lowest BCUT2D eigenvalue weighted by molar-refractivity contribution is -0.432. The van der Waals surface area contributed by atoms with Crippen molar-refractivity contribution in [1.82, 2.24) is 0 Å². The van der Waals surface area contributed by atoms with Crippen LogP contribution < -0.4 is 0 Å². The minimum absolute atomic E-state index is 0.0435. The Bertz CT molecular complexity index is 441. The molecule has 1 rings (SSSR count). The summed E-state index contributed by atoms with van der Waals surface area (Å²) in [4.78, 5) is 12.4. The van der Waals surface area contributed by atoms with E-state index in [0.717, 1.165) is 6.42 Å². The van der Waals surface area contributed by atoms with Gasteiger partial charge in [0.25, 0.3) is 0 Å². The van der Waals surface area contributed by atoms with Crippen molar-refractivity contribution < 1.29 is 28.5 Å². The van der Waals surface area contributed by atoms with Crippen LogP contribution in [-0.4, -0.2) is 51.1 Å². The van der Waals surface area contributed by atoms with Crippen molar-refractivity contribution in [2.75, 3.05) is 27.4 Å². The first-order valence-electron chi connectivity index (χ1n) is 8.38. The normalized spacial score (nSPS) is 31.8. The van der Waals surface area contributed by atoms with E-state index in [1.54, 1.807) is 13.8 Å². The van der Waals surface area contributed by atoms with Crippen LogP contribution in [0, 0.1) is 10.8 Å². The smallest absolute Gasteiger partial charge is 0.311 e. The molecule has 0 aromatic carbocycles. The van der Waals surface area contributed by atoms with Crippen LogP contribution in [0.3, 0.4) is 0 Å². The highest BCUT2D eigenvalue weighted by molar-refractivity contribution is 5.76. The molecule has 1 fully saturated rings. The van der Waals surface area contributed by atoms with Crippen molar-refractivity contribution in [3.8, 4) is 0 Å². The first-order valence-corrected chi connectivity index (χ1v) is 8.38. The number of rotatable bonds is 6. The van der Waals surface area contributed by atoms with Crippen molar-refractivity contribution >= 4 is 5.97 Å². The molecular formula is C18H34O6. The van der Waals surface area contributed by atoms with Gasteiger partial charge in [0.2, 0.25) is 11.6 Å². The standard InChI is InChI=1S/C18H34O6/c1-15(2,3)12-16(4,5)14(19)22-10-13-11-23-17(6,20-8)18(7,21-9)24-13/h13H,10-12H2,1-9H3. The summed E-state index contributed by atoms with van der Waals surface area (Å²) in [5.74, 6) is -2.34. The van der Waals surface area contributed by atoms with Crippen molar-refractivity contribution in [1.29, 1.82) is 0 Å². The van der Waals surface area contributed by atoms with Crippen LogP contribution in [0.2, 0.25) is 0 Å². The summed E-state index contributed by atoms with van der Waals surface area (Å²) in [5.41, 5.74) is -0.513. The lowest BCUT2D eigenvalue weighted by Gasteiger charge is -2.48. The van der Waals surface area contributed by atoms with Crippen molar-refractivity contribution in [3.05, 3.63) is 0 Å². The molecule has 3 atom stereocenters. The third-order valence-corrected chi connectivity index (χ3v) is 4.47. The highest BCUT2D eigenvalue weighted by Gasteiger charge is 2.53. The molecule has 1 aliphatic heterocycles. The van der Waals surface area contributed by atoms with E-state index in [2.05, 4.69) is 20.8 Å². The fraction of sp³-hybridized carbons (Fsp3) is 0.944. The molecule has 0 aromatic rings. The molecule has 0 aromatic heterocycles. The quantitative estimate of drug-likeness (QED) is 0.689. The van der Waals surface area contributed by atoms with E-state index in [1.165, 1.54) is 14.2 Å². The maximum Gasteiger partial charge on any atom is 0.311 e. The van der Waals surface area contributed by atoms with Crippen LogP contribution >= 0.6 is 0 Å². The average Bonchev–Trinajstić information content (AvgIpc) is 2.45. The number of carbonyl (C=O) groups is 1. The predicted octanol–water partition coefficient (Wildman–Crippen LogP) is 3.13. The lowest BCUT2D eigenvalue weighted by atomic mass is 9.76. The third kappa shape index (κ3) is 4.91. The van der Waals surface area contributed by atoms with Crippen LogP contribution in [0.4, 0.5) is 0 Å². The zero-order chi connectivity index (χ0) is 18.8. The second kappa shape index (κ2) is 7.28. The van der Waals surface area contributed by atoms with E-state index in [1.807, 2.05) is 13.8 Å². The molecule has 6 nitrogen and oxygen atoms in total. The van der Waals surface area contributed by atoms with E-state index in [4.69, 9.17) is 23.7 Å². The number of hydrogen-bond donors (Lipinski definition) is 0. The molecule has 1 saturated heterocycles. The SMILES string of the molecule is COC1(C)OCC(COC(=O)C(C)(C)CC(C)(C)C)OC1(C)OC. The minimum atomic E-state index is -1.09. The monoisotopic (exact) mass is 346 g/mol. The van der Waals surface area contributed by atoms with Gasteiger partial charge in [-0.1, -0.05) is 20.8 Å². The van der Waals surface area contributed by atoms with Gasteiger partial charge in [0, 0.05) is 14.2 Å². The Morgan fingerprint density at radius 2 is 1.62 bits per heavy atom. The van der Waals surface area contributed by atoms with Gasteiger partial charge in [-0.05, 0) is 39.5 Å². The first kappa shape index (κ1) is 21.4. The average molecular weight is 346 g/mol. The Labute approximate surface area is 146 Å². The molecule has 142 valence electrons. The van der Waals surface area contributed by atoms with Crippen molar-refractivity contribution in [2.45, 2.75) is 72.6 Å². The molecule has 24 heavy (non-hydrogen) atoms. The Morgan fingerprint density at radius 3 is 2.08 bits per heavy atom. The molecule has 0 radical (unpaired) electrons. The fourth-order valence-corrected chi connectivity index (χ4v) is 3.16. The summed E-state index contributed by atoms with van der Waals surface area (Å²) in [6.45, 7) is 14.0. The minimum Gasteiger partial charge on any atom is -0.462 e. The summed E-state index contributed by atoms with van der Waals surface area (Å²) in [6, 6.07) is 0. The summed E-state index contributed by atoms with van der Waals surface area (Å²) >= 11 is 0. The Hall–Kier alpha value is -0.690. The predicted molar refractivity (Wildman–Crippen MR) is 90.5 cm³/mol. The van der Waals surface area contributed by atoms with E-state index >= 15 is 0 Å². The van der Waals surface area contributed by atoms with E-state index in [0.29, 0.717) is 0 Å². The van der Waals surface area contributed by atoms with Crippen LogP contribution in [0.1, 0.15) is 54.9 Å². The van der Waals surface area contributed by atoms with Crippen LogP contribution in [0.15, 0.2) is 0 Å². The molecular weight excluding hydrogens is 312 g/mol. The summed E-state index contributed by atoms with van der Waals surface area (Å²) in [5, 5.41) is 0. The molecule has 0 aliphatic carbocycles. The Kier molecular flexibility index (Phi) is 6.48. The summed E-state index contributed by atoms with van der Waals surface area (Å²) in [7, 11) is 3.07. The molecule has 0 amide bonds. The van der Waals surface area contributed by atoms with Gasteiger partial charge in [-0.25, -0.2) is 0 Å². The third-order valence-electron chi connectivity index (χ3n) is 4.47. The number of ether oxygens (including phenoxy) is 5. The Balaban J connectivity index is 2.65. The fourth-order valence-electron chi connectivity index (χ4n) is 3.16. The largest absolute Gasteiger partial charge is 0.462 e. The van der Waals surface area contributed by atoms with E-state index in [9.17, 15) is 4.79 Å². The van der Waals surface area contributed by atoms with Crippen LogP contribution in [-0.2, 0) is 28.5 Å². The second-order valence-electron chi connectivity index (χ2n) is 8.57. The van der Waals surface area contributed by atoms with Gasteiger partial charge in [0.1, 0.15) is 12.7 Å². The summed E-state index contributed by atoms with van der Waals surface area (Å²) < 4.78 is 28.0. The zero-order valence-electron chi connectivity index (χ0n) is 16.6. The van der Waals surface area contributed by atoms with E-state index in [-0.39, 0.29) is 24.6 Å². The maximum atomic E-state index is 12.4. The lowest BCUT2D eigenvalue weighted by Crippen LogP contribution is -2.63. The van der Waals surface area contributed by atoms with Gasteiger partial charge >= 0.3 is 5.97 Å². The molecule has 0 bridgehead atoms. The Morgan fingerprint density at radius 1 is 1.08 bits per heavy atom. The zero-order valence-corrected chi connectivity index (χ0v) is 16.6. The van der Waals surface area contributed by atoms with Crippen LogP contribution in [0.25, 0.3) is 0 Å². The topological polar surface area (TPSA) is 63.2 Å². The number of methoxy groups -OCH3 is 2. The number of carbonyl (C=O) groups excluding carboxylic acids is 1. The molecule has 0 spiro atoms. The van der Waals surface area contributed by atoms with Gasteiger partial charge in [-0.2, -0.15) is 0 Å². The molecule has 0 saturated carbocycles. The highest BCUT2D eigenvalue weighted by Crippen LogP contribution is 2.37. The molecule has 1 aliphatic rings. The summed E-state index contributed by atoms with van der Waals surface area (Å²) in [6.07, 6.45) is 0.325. The van der Waals surface area contributed by atoms with Gasteiger partial charge in [0.15, 0.2) is 0 Å². The number of esters is 1. The van der Waals surface area contributed by atoms with Crippen molar-refractivity contribution in [2.24, 2.45) is 10.8 Å². The van der Waals surface area contributed by atoms with Gasteiger partial charge in [-0.15, -0.1) is 0 Å². The second-order valence-corrected chi connectivity index (χ2v) is 8.57. The molecule has 3 unspecified atom stereocenters. The molecule has 6 heteroatoms. The van der Waals surface area contributed by atoms with Gasteiger partial charge in [-0.3, -0.25) is 4.79 Å². The van der Waals surface area contributed by atoms with Crippen molar-refractivity contribution in [3.63, 3.8) is 0 Å². The molecule has 0 N–H and O–H groups in total. The van der Waals surface area contributed by atoms with Gasteiger partial charge in [0.05, 0.1) is 12.0 Å². The van der Waals surface area contributed by atoms with Crippen LogP contribution in [0.5, 0.6) is 0 Å². The highest BCUT2D eigenvalue weighted by atomic mass is 16.8.